The summed E-state index contributed by atoms with van der Waals surface area (Å²) in [5, 5.41) is 18.0. The fraction of sp³-hybridized carbons (Fsp3) is 0.375. The smallest absolute Gasteiger partial charge is 0.160 e. The number of para-hydroxylation sites is 4. The van der Waals surface area contributed by atoms with Gasteiger partial charge in [-0.1, -0.05) is 46.6 Å². The molecule has 0 radical (unpaired) electrons. The van der Waals surface area contributed by atoms with Crippen LogP contribution in [0.5, 0.6) is 23.0 Å². The molecule has 0 unspecified atom stereocenters. The molecule has 37 heavy (non-hydrogen) atoms. The van der Waals surface area contributed by atoms with Gasteiger partial charge in [0.05, 0.1) is 14.2 Å². The second-order valence-electron chi connectivity index (χ2n) is 9.32. The Kier molecular flexibility index (Phi) is 15.9. The Hall–Kier alpha value is -2.52. The molecule has 0 aliphatic heterocycles. The summed E-state index contributed by atoms with van der Waals surface area (Å²) >= 11 is 0. The Balaban J connectivity index is 0.000000463. The Morgan fingerprint density at radius 1 is 0.486 bits per heavy atom. The molecule has 0 bridgehead atoms. The summed E-state index contributed by atoms with van der Waals surface area (Å²) in [5.41, 5.74) is 12.2. The SMILES string of the molecule is CC1=C(C)C(C)=C(C)C1.CC1=C(C)C(C)=C(C)C1.COc1ccccc1O.COc1ccccc1O.[Zr]. The van der Waals surface area contributed by atoms with Gasteiger partial charge >= 0.3 is 0 Å². The normalized spacial score (nSPS) is 14.1. The first-order chi connectivity index (χ1) is 16.9. The van der Waals surface area contributed by atoms with Crippen molar-refractivity contribution in [1.29, 1.82) is 0 Å². The van der Waals surface area contributed by atoms with E-state index in [1.165, 1.54) is 49.4 Å². The average Bonchev–Trinajstić information content (AvgIpc) is 3.22. The zero-order valence-electron chi connectivity index (χ0n) is 24.2. The van der Waals surface area contributed by atoms with E-state index in [2.05, 4.69) is 55.4 Å². The van der Waals surface area contributed by atoms with Crippen LogP contribution in [-0.4, -0.2) is 24.4 Å². The predicted octanol–water partition coefficient (Wildman–Crippen LogP) is 8.92. The molecular formula is C32H44O4Zr. The van der Waals surface area contributed by atoms with E-state index in [4.69, 9.17) is 19.7 Å². The van der Waals surface area contributed by atoms with Crippen LogP contribution in [0.3, 0.4) is 0 Å². The summed E-state index contributed by atoms with van der Waals surface area (Å²) in [7, 11) is 3.05. The predicted molar refractivity (Wildman–Crippen MR) is 152 cm³/mol. The Labute approximate surface area is 243 Å². The van der Waals surface area contributed by atoms with Crippen molar-refractivity contribution in [2.24, 2.45) is 0 Å². The van der Waals surface area contributed by atoms with Crippen LogP contribution in [0.4, 0.5) is 0 Å². The molecule has 0 heterocycles. The molecule has 0 aromatic heterocycles. The monoisotopic (exact) mass is 582 g/mol. The topological polar surface area (TPSA) is 58.9 Å². The van der Waals surface area contributed by atoms with E-state index >= 15 is 0 Å². The quantitative estimate of drug-likeness (QED) is 0.371. The maximum absolute atomic E-state index is 8.99. The molecule has 0 spiro atoms. The molecule has 2 aromatic rings. The summed E-state index contributed by atoms with van der Waals surface area (Å²) < 4.78 is 9.59. The second kappa shape index (κ2) is 17.1. The van der Waals surface area contributed by atoms with Gasteiger partial charge in [0, 0.05) is 26.2 Å². The fourth-order valence-electron chi connectivity index (χ4n) is 3.87. The summed E-state index contributed by atoms with van der Waals surface area (Å²) in [6, 6.07) is 13.7. The minimum Gasteiger partial charge on any atom is -0.504 e. The zero-order chi connectivity index (χ0) is 27.4. The minimum atomic E-state index is 0. The van der Waals surface area contributed by atoms with Crippen LogP contribution in [0.1, 0.15) is 68.2 Å². The molecular weight excluding hydrogens is 540 g/mol. The van der Waals surface area contributed by atoms with E-state index in [9.17, 15) is 0 Å². The molecule has 200 valence electrons. The molecule has 5 heteroatoms. The third-order valence-electron chi connectivity index (χ3n) is 6.92. The van der Waals surface area contributed by atoms with Gasteiger partial charge in [-0.3, -0.25) is 0 Å². The fourth-order valence-corrected chi connectivity index (χ4v) is 3.87. The van der Waals surface area contributed by atoms with E-state index < -0.39 is 0 Å². The molecule has 2 aliphatic rings. The molecule has 0 atom stereocenters. The molecule has 2 N–H and O–H groups in total. The van der Waals surface area contributed by atoms with Crippen LogP contribution in [-0.2, 0) is 26.2 Å². The van der Waals surface area contributed by atoms with Gasteiger partial charge in [-0.05, 0) is 115 Å². The number of allylic oxidation sites excluding steroid dienone is 8. The minimum absolute atomic E-state index is 0. The molecule has 4 rings (SSSR count). The standard InChI is InChI=1S/2C9H14.2C7H8O2.Zr/c2*1-6-5-7(2)9(4)8(6)3;2*1-9-7-5-3-2-4-6(7)8;/h2*5H2,1-4H3;2*2-5,8H,1H3;. The zero-order valence-corrected chi connectivity index (χ0v) is 26.7. The second-order valence-corrected chi connectivity index (χ2v) is 9.32. The van der Waals surface area contributed by atoms with E-state index in [1.807, 2.05) is 0 Å². The summed E-state index contributed by atoms with van der Waals surface area (Å²) in [4.78, 5) is 0. The van der Waals surface area contributed by atoms with E-state index in [0.29, 0.717) is 11.5 Å². The molecule has 2 aromatic carbocycles. The first kappa shape index (κ1) is 34.5. The number of rotatable bonds is 2. The van der Waals surface area contributed by atoms with Crippen LogP contribution in [0.25, 0.3) is 0 Å². The maximum atomic E-state index is 8.99. The van der Waals surface area contributed by atoms with Crippen molar-refractivity contribution in [3.05, 3.63) is 93.1 Å². The van der Waals surface area contributed by atoms with Gasteiger partial charge in [-0.2, -0.15) is 0 Å². The number of methoxy groups -OCH3 is 2. The molecule has 2 aliphatic carbocycles. The number of aromatic hydroxyl groups is 2. The molecule has 0 saturated carbocycles. The molecule has 0 fully saturated rings. The molecule has 0 amide bonds. The number of phenolic OH excluding ortho intramolecular Hbond substituents is 2. The Morgan fingerprint density at radius 3 is 0.865 bits per heavy atom. The van der Waals surface area contributed by atoms with Crippen LogP contribution in [0.15, 0.2) is 93.1 Å². The van der Waals surface area contributed by atoms with Crippen molar-refractivity contribution in [3.8, 4) is 23.0 Å². The molecule has 4 nitrogen and oxygen atoms in total. The van der Waals surface area contributed by atoms with Gasteiger partial charge in [0.25, 0.3) is 0 Å². The van der Waals surface area contributed by atoms with Gasteiger partial charge in [0.2, 0.25) is 0 Å². The Morgan fingerprint density at radius 2 is 0.730 bits per heavy atom. The van der Waals surface area contributed by atoms with Gasteiger partial charge in [0.1, 0.15) is 0 Å². The van der Waals surface area contributed by atoms with Crippen molar-refractivity contribution < 1.29 is 45.9 Å². The van der Waals surface area contributed by atoms with Crippen molar-refractivity contribution in [1.82, 2.24) is 0 Å². The van der Waals surface area contributed by atoms with Crippen LogP contribution in [0, 0.1) is 0 Å². The van der Waals surface area contributed by atoms with Crippen LogP contribution < -0.4 is 9.47 Å². The first-order valence-electron chi connectivity index (χ1n) is 12.2. The van der Waals surface area contributed by atoms with Crippen molar-refractivity contribution in [2.75, 3.05) is 14.2 Å². The first-order valence-corrected chi connectivity index (χ1v) is 12.2. The van der Waals surface area contributed by atoms with Crippen molar-refractivity contribution in [3.63, 3.8) is 0 Å². The summed E-state index contributed by atoms with van der Waals surface area (Å²) in [5.74, 6) is 1.38. The molecule has 0 saturated heterocycles. The number of benzene rings is 2. The number of phenols is 2. The van der Waals surface area contributed by atoms with Gasteiger partial charge < -0.3 is 19.7 Å². The van der Waals surface area contributed by atoms with Gasteiger partial charge in [0.15, 0.2) is 23.0 Å². The maximum Gasteiger partial charge on any atom is 0.160 e. The third kappa shape index (κ3) is 10.8. The van der Waals surface area contributed by atoms with Crippen molar-refractivity contribution in [2.45, 2.75) is 68.2 Å². The Bertz CT molecular complexity index is 1020. The average molecular weight is 584 g/mol. The van der Waals surface area contributed by atoms with Gasteiger partial charge in [-0.25, -0.2) is 0 Å². The summed E-state index contributed by atoms with van der Waals surface area (Å²) in [6.45, 7) is 17.7. The van der Waals surface area contributed by atoms with Gasteiger partial charge in [-0.15, -0.1) is 0 Å². The largest absolute Gasteiger partial charge is 0.504 e. The number of hydrogen-bond acceptors (Lipinski definition) is 4. The van der Waals surface area contributed by atoms with Crippen molar-refractivity contribution >= 4 is 0 Å². The van der Waals surface area contributed by atoms with E-state index in [1.54, 1.807) is 70.8 Å². The third-order valence-corrected chi connectivity index (χ3v) is 6.92. The van der Waals surface area contributed by atoms with Crippen LogP contribution >= 0.6 is 0 Å². The van der Waals surface area contributed by atoms with E-state index in [0.717, 1.165) is 0 Å². The number of ether oxygens (including phenoxy) is 2. The summed E-state index contributed by atoms with van der Waals surface area (Å²) in [6.07, 6.45) is 2.41. The number of hydrogen-bond donors (Lipinski definition) is 2. The van der Waals surface area contributed by atoms with E-state index in [-0.39, 0.29) is 37.7 Å². The van der Waals surface area contributed by atoms with Crippen LogP contribution in [0.2, 0.25) is 0 Å².